The van der Waals surface area contributed by atoms with Crippen molar-refractivity contribution in [3.63, 3.8) is 0 Å². The van der Waals surface area contributed by atoms with Crippen LogP contribution in [0.15, 0.2) is 17.0 Å². The van der Waals surface area contributed by atoms with Crippen LogP contribution in [0.1, 0.15) is 56.3 Å². The van der Waals surface area contributed by atoms with Crippen molar-refractivity contribution in [2.75, 3.05) is 11.9 Å². The van der Waals surface area contributed by atoms with Crippen LogP contribution in [0, 0.1) is 0 Å². The van der Waals surface area contributed by atoms with Gasteiger partial charge in [0.05, 0.1) is 10.7 Å². The van der Waals surface area contributed by atoms with Crippen molar-refractivity contribution in [3.8, 4) is 0 Å². The summed E-state index contributed by atoms with van der Waals surface area (Å²) in [5.74, 6) is -0.109. The second-order valence-electron chi connectivity index (χ2n) is 5.19. The lowest BCUT2D eigenvalue weighted by Gasteiger charge is -2.13. The van der Waals surface area contributed by atoms with Crippen LogP contribution in [0.4, 0.5) is 5.69 Å². The number of anilines is 1. The van der Waals surface area contributed by atoms with Crippen LogP contribution < -0.4 is 10.5 Å². The maximum atomic E-state index is 12.2. The Morgan fingerprint density at radius 2 is 1.86 bits per heavy atom. The van der Waals surface area contributed by atoms with E-state index in [1.54, 1.807) is 6.07 Å². The standard InChI is InChI=1S/C15H23ClN2O3S/c1-3-5-7-13(19)11-9-12(18-8-6-4-2)15(16)14(10-11)22(17,20)21/h9-10,18H,3-8H2,1-2H3,(H2,17,20,21). The molecule has 1 aromatic carbocycles. The average Bonchev–Trinajstić information content (AvgIpc) is 2.45. The number of nitrogens with two attached hydrogens (primary N) is 1. The summed E-state index contributed by atoms with van der Waals surface area (Å²) >= 11 is 6.12. The zero-order valence-corrected chi connectivity index (χ0v) is 14.6. The molecule has 0 aliphatic heterocycles. The van der Waals surface area contributed by atoms with Crippen molar-refractivity contribution in [1.82, 2.24) is 0 Å². The molecule has 0 amide bonds. The number of carbonyl (C=O) groups is 1. The average molecular weight is 347 g/mol. The normalized spacial score (nSPS) is 11.5. The SMILES string of the molecule is CCCCNc1cc(C(=O)CCCC)cc(S(N)(=O)=O)c1Cl. The van der Waals surface area contributed by atoms with Crippen molar-refractivity contribution in [3.05, 3.63) is 22.7 Å². The summed E-state index contributed by atoms with van der Waals surface area (Å²) in [5, 5.41) is 8.31. The van der Waals surface area contributed by atoms with Gasteiger partial charge in [-0.25, -0.2) is 13.6 Å². The Morgan fingerprint density at radius 1 is 1.23 bits per heavy atom. The van der Waals surface area contributed by atoms with Crippen molar-refractivity contribution in [1.29, 1.82) is 0 Å². The molecule has 5 nitrogen and oxygen atoms in total. The molecule has 1 aromatic rings. The molecule has 22 heavy (non-hydrogen) atoms. The third kappa shape index (κ3) is 5.26. The molecular formula is C15H23ClN2O3S. The molecule has 0 radical (unpaired) electrons. The summed E-state index contributed by atoms with van der Waals surface area (Å²) in [7, 11) is -3.99. The maximum absolute atomic E-state index is 12.2. The highest BCUT2D eigenvalue weighted by Gasteiger charge is 2.20. The van der Waals surface area contributed by atoms with Crippen molar-refractivity contribution in [2.24, 2.45) is 5.14 Å². The fourth-order valence-corrected chi connectivity index (χ4v) is 3.13. The first-order valence-corrected chi connectivity index (χ1v) is 9.37. The lowest BCUT2D eigenvalue weighted by molar-refractivity contribution is 0.0979. The molecule has 124 valence electrons. The molecule has 7 heteroatoms. The summed E-state index contributed by atoms with van der Waals surface area (Å²) in [6.07, 6.45) is 3.92. The number of rotatable bonds is 9. The molecule has 0 aliphatic carbocycles. The molecule has 0 aliphatic rings. The van der Waals surface area contributed by atoms with Gasteiger partial charge in [-0.2, -0.15) is 0 Å². The zero-order valence-electron chi connectivity index (χ0n) is 13.0. The number of benzene rings is 1. The van der Waals surface area contributed by atoms with E-state index in [4.69, 9.17) is 16.7 Å². The highest BCUT2D eigenvalue weighted by atomic mass is 35.5. The van der Waals surface area contributed by atoms with Crippen LogP contribution in [0.5, 0.6) is 0 Å². The van der Waals surface area contributed by atoms with Crippen molar-refractivity contribution in [2.45, 2.75) is 50.8 Å². The van der Waals surface area contributed by atoms with E-state index in [2.05, 4.69) is 5.32 Å². The molecular weight excluding hydrogens is 324 g/mol. The summed E-state index contributed by atoms with van der Waals surface area (Å²) in [5.41, 5.74) is 0.752. The van der Waals surface area contributed by atoms with Crippen LogP contribution in [-0.4, -0.2) is 20.7 Å². The Balaban J connectivity index is 3.22. The Hall–Kier alpha value is -1.11. The summed E-state index contributed by atoms with van der Waals surface area (Å²) in [4.78, 5) is 12.0. The molecule has 0 aromatic heterocycles. The van der Waals surface area contributed by atoms with Gasteiger partial charge >= 0.3 is 0 Å². The molecule has 0 bridgehead atoms. The highest BCUT2D eigenvalue weighted by Crippen LogP contribution is 2.31. The Bertz CT molecular complexity index is 630. The summed E-state index contributed by atoms with van der Waals surface area (Å²) in [6.45, 7) is 4.68. The van der Waals surface area contributed by atoms with Crippen molar-refractivity contribution < 1.29 is 13.2 Å². The largest absolute Gasteiger partial charge is 0.384 e. The molecule has 0 spiro atoms. The van der Waals surface area contributed by atoms with E-state index in [1.165, 1.54) is 6.07 Å². The first-order valence-electron chi connectivity index (χ1n) is 7.44. The van der Waals surface area contributed by atoms with Gasteiger partial charge < -0.3 is 5.32 Å². The third-order valence-electron chi connectivity index (χ3n) is 3.27. The number of hydrogen-bond acceptors (Lipinski definition) is 4. The number of halogens is 1. The Morgan fingerprint density at radius 3 is 2.41 bits per heavy atom. The van der Waals surface area contributed by atoms with E-state index in [1.807, 2.05) is 13.8 Å². The number of unbranched alkanes of at least 4 members (excludes halogenated alkanes) is 2. The first-order chi connectivity index (χ1) is 10.3. The molecule has 0 saturated carbocycles. The predicted molar refractivity (Wildman–Crippen MR) is 90.1 cm³/mol. The van der Waals surface area contributed by atoms with Gasteiger partial charge in [0, 0.05) is 18.5 Å². The smallest absolute Gasteiger partial charge is 0.239 e. The number of hydrogen-bond donors (Lipinski definition) is 2. The van der Waals surface area contributed by atoms with Gasteiger partial charge in [0.1, 0.15) is 4.90 Å². The molecule has 0 saturated heterocycles. The Labute approximate surface area is 137 Å². The lowest BCUT2D eigenvalue weighted by atomic mass is 10.0. The number of primary sulfonamides is 1. The van der Waals surface area contributed by atoms with E-state index < -0.39 is 10.0 Å². The molecule has 0 atom stereocenters. The van der Waals surface area contributed by atoms with Crippen LogP contribution in [0.25, 0.3) is 0 Å². The fourth-order valence-electron chi connectivity index (χ4n) is 1.98. The molecule has 0 unspecified atom stereocenters. The first kappa shape index (κ1) is 18.9. The van der Waals surface area contributed by atoms with Gasteiger partial charge in [-0.1, -0.05) is 38.3 Å². The zero-order chi connectivity index (χ0) is 16.8. The van der Waals surface area contributed by atoms with Gasteiger partial charge in [0.2, 0.25) is 10.0 Å². The summed E-state index contributed by atoms with van der Waals surface area (Å²) < 4.78 is 23.4. The second-order valence-corrected chi connectivity index (χ2v) is 7.10. The number of Topliss-reactive ketones (excluding diaryl/α,β-unsaturated/α-hetero) is 1. The van der Waals surface area contributed by atoms with Crippen LogP contribution in [0.2, 0.25) is 5.02 Å². The lowest BCUT2D eigenvalue weighted by Crippen LogP contribution is -2.15. The van der Waals surface area contributed by atoms with Crippen LogP contribution in [0.3, 0.4) is 0 Å². The molecule has 0 heterocycles. The van der Waals surface area contributed by atoms with Gasteiger partial charge in [0.25, 0.3) is 0 Å². The monoisotopic (exact) mass is 346 g/mol. The van der Waals surface area contributed by atoms with E-state index in [0.29, 0.717) is 24.2 Å². The molecule has 3 N–H and O–H groups in total. The van der Waals surface area contributed by atoms with Gasteiger partial charge in [-0.3, -0.25) is 4.79 Å². The molecule has 0 fully saturated rings. The minimum absolute atomic E-state index is 0.0330. The van der Waals surface area contributed by atoms with E-state index >= 15 is 0 Å². The minimum atomic E-state index is -3.99. The van der Waals surface area contributed by atoms with E-state index in [0.717, 1.165) is 25.7 Å². The number of sulfonamides is 1. The number of carbonyl (C=O) groups excluding carboxylic acids is 1. The van der Waals surface area contributed by atoms with Gasteiger partial charge in [-0.05, 0) is 25.0 Å². The quantitative estimate of drug-likeness (QED) is 0.528. The van der Waals surface area contributed by atoms with Crippen LogP contribution >= 0.6 is 11.6 Å². The topological polar surface area (TPSA) is 89.3 Å². The van der Waals surface area contributed by atoms with Crippen LogP contribution in [-0.2, 0) is 10.0 Å². The number of ketones is 1. The van der Waals surface area contributed by atoms with E-state index in [-0.39, 0.29) is 15.7 Å². The number of nitrogens with one attached hydrogen (secondary N) is 1. The third-order valence-corrected chi connectivity index (χ3v) is 4.73. The highest BCUT2D eigenvalue weighted by molar-refractivity contribution is 7.89. The minimum Gasteiger partial charge on any atom is -0.384 e. The second kappa shape index (κ2) is 8.50. The molecule has 1 rings (SSSR count). The summed E-state index contributed by atoms with van der Waals surface area (Å²) in [6, 6.07) is 2.87. The van der Waals surface area contributed by atoms with E-state index in [9.17, 15) is 13.2 Å². The van der Waals surface area contributed by atoms with Gasteiger partial charge in [-0.15, -0.1) is 0 Å². The Kier molecular flexibility index (Phi) is 7.32. The van der Waals surface area contributed by atoms with Gasteiger partial charge in [0.15, 0.2) is 5.78 Å². The maximum Gasteiger partial charge on any atom is 0.239 e. The van der Waals surface area contributed by atoms with Crippen molar-refractivity contribution >= 4 is 33.1 Å². The predicted octanol–water partition coefficient (Wildman–Crippen LogP) is 3.57. The fraction of sp³-hybridized carbons (Fsp3) is 0.533.